The summed E-state index contributed by atoms with van der Waals surface area (Å²) in [4.78, 5) is 4.25. The van der Waals surface area contributed by atoms with Crippen molar-refractivity contribution in [2.24, 2.45) is 5.73 Å². The summed E-state index contributed by atoms with van der Waals surface area (Å²) in [5.41, 5.74) is 6.46. The van der Waals surface area contributed by atoms with Crippen LogP contribution in [-0.4, -0.2) is 38.4 Å². The van der Waals surface area contributed by atoms with E-state index in [2.05, 4.69) is 15.4 Å². The number of rotatable bonds is 4. The normalized spacial score (nSPS) is 14.9. The highest BCUT2D eigenvalue weighted by Gasteiger charge is 2.10. The number of hydrogen-bond donors (Lipinski definition) is 3. The summed E-state index contributed by atoms with van der Waals surface area (Å²) in [5, 5.41) is 16.4. The summed E-state index contributed by atoms with van der Waals surface area (Å²) in [6.07, 6.45) is 1.27. The first-order valence-electron chi connectivity index (χ1n) is 5.16. The van der Waals surface area contributed by atoms with Gasteiger partial charge in [-0.2, -0.15) is 4.98 Å². The second-order valence-electron chi connectivity index (χ2n) is 3.72. The van der Waals surface area contributed by atoms with E-state index in [0.717, 1.165) is 5.65 Å². The number of aliphatic hydroxyl groups excluding tert-OH is 1. The maximum Gasteiger partial charge on any atom is 0.243 e. The van der Waals surface area contributed by atoms with Gasteiger partial charge in [-0.1, -0.05) is 6.07 Å². The highest BCUT2D eigenvalue weighted by molar-refractivity contribution is 5.42. The average molecular weight is 221 g/mol. The second-order valence-corrected chi connectivity index (χ2v) is 3.72. The van der Waals surface area contributed by atoms with Gasteiger partial charge in [-0.25, -0.2) is 4.52 Å². The summed E-state index contributed by atoms with van der Waals surface area (Å²) < 4.78 is 1.68. The number of aromatic nitrogens is 3. The van der Waals surface area contributed by atoms with Crippen LogP contribution in [0.3, 0.4) is 0 Å². The van der Waals surface area contributed by atoms with Crippen LogP contribution in [0.2, 0.25) is 0 Å². The molecule has 2 atom stereocenters. The Balaban J connectivity index is 2.05. The van der Waals surface area contributed by atoms with E-state index in [0.29, 0.717) is 12.5 Å². The quantitative estimate of drug-likeness (QED) is 0.668. The first kappa shape index (κ1) is 10.8. The molecule has 2 heterocycles. The van der Waals surface area contributed by atoms with Crippen LogP contribution in [0.25, 0.3) is 5.65 Å². The molecule has 0 aliphatic rings. The third-order valence-corrected chi connectivity index (χ3v) is 2.36. The van der Waals surface area contributed by atoms with Crippen molar-refractivity contribution in [1.82, 2.24) is 14.6 Å². The largest absolute Gasteiger partial charge is 0.392 e. The number of aliphatic hydroxyl groups is 1. The van der Waals surface area contributed by atoms with E-state index in [-0.39, 0.29) is 6.04 Å². The van der Waals surface area contributed by atoms with Crippen LogP contribution < -0.4 is 11.1 Å². The monoisotopic (exact) mass is 221 g/mol. The van der Waals surface area contributed by atoms with Crippen LogP contribution >= 0.6 is 0 Å². The van der Waals surface area contributed by atoms with Gasteiger partial charge in [-0.15, -0.1) is 5.10 Å². The van der Waals surface area contributed by atoms with Crippen LogP contribution in [0.15, 0.2) is 24.4 Å². The number of nitrogens with two attached hydrogens (primary N) is 1. The van der Waals surface area contributed by atoms with Gasteiger partial charge >= 0.3 is 0 Å². The Hall–Kier alpha value is -1.66. The molecule has 0 amide bonds. The van der Waals surface area contributed by atoms with Crippen LogP contribution in [0.4, 0.5) is 5.95 Å². The molecule has 0 aromatic carbocycles. The Labute approximate surface area is 93.1 Å². The summed E-state index contributed by atoms with van der Waals surface area (Å²) >= 11 is 0. The van der Waals surface area contributed by atoms with E-state index in [9.17, 15) is 5.11 Å². The van der Waals surface area contributed by atoms with Crippen molar-refractivity contribution in [2.75, 3.05) is 11.9 Å². The van der Waals surface area contributed by atoms with E-state index < -0.39 is 6.10 Å². The molecule has 86 valence electrons. The fraction of sp³-hybridized carbons (Fsp3) is 0.400. The molecule has 2 rings (SSSR count). The van der Waals surface area contributed by atoms with Gasteiger partial charge in [0.05, 0.1) is 6.10 Å². The molecule has 0 radical (unpaired) electrons. The topological polar surface area (TPSA) is 88.5 Å². The van der Waals surface area contributed by atoms with Gasteiger partial charge in [0.2, 0.25) is 5.95 Å². The molecule has 0 aliphatic heterocycles. The maximum atomic E-state index is 9.23. The zero-order chi connectivity index (χ0) is 11.5. The minimum Gasteiger partial charge on any atom is -0.392 e. The highest BCUT2D eigenvalue weighted by atomic mass is 16.3. The van der Waals surface area contributed by atoms with Crippen LogP contribution in [0.1, 0.15) is 6.92 Å². The average Bonchev–Trinajstić information content (AvgIpc) is 2.68. The summed E-state index contributed by atoms with van der Waals surface area (Å²) in [5.74, 6) is 0.516. The van der Waals surface area contributed by atoms with Crippen molar-refractivity contribution in [1.29, 1.82) is 0 Å². The number of pyridine rings is 1. The minimum absolute atomic E-state index is 0.327. The standard InChI is InChI=1S/C10H15N5O/c1-7(16)8(11)6-12-10-13-9-4-2-3-5-15(9)14-10/h2-5,7-8,16H,6,11H2,1H3,(H,12,14). The first-order valence-corrected chi connectivity index (χ1v) is 5.16. The third kappa shape index (κ3) is 2.29. The van der Waals surface area contributed by atoms with E-state index in [1.807, 2.05) is 24.4 Å². The highest BCUT2D eigenvalue weighted by Crippen LogP contribution is 2.04. The van der Waals surface area contributed by atoms with Crippen molar-refractivity contribution in [3.8, 4) is 0 Å². The molecule has 4 N–H and O–H groups in total. The van der Waals surface area contributed by atoms with Gasteiger partial charge in [0, 0.05) is 18.8 Å². The van der Waals surface area contributed by atoms with Gasteiger partial charge in [-0.05, 0) is 19.1 Å². The summed E-state index contributed by atoms with van der Waals surface area (Å²) in [7, 11) is 0. The van der Waals surface area contributed by atoms with Gasteiger partial charge in [-0.3, -0.25) is 0 Å². The lowest BCUT2D eigenvalue weighted by Crippen LogP contribution is -2.38. The second kappa shape index (κ2) is 4.46. The molecule has 2 aromatic heterocycles. The Morgan fingerprint density at radius 3 is 3.06 bits per heavy atom. The van der Waals surface area contributed by atoms with E-state index in [1.54, 1.807) is 11.4 Å². The lowest BCUT2D eigenvalue weighted by Gasteiger charge is -2.13. The van der Waals surface area contributed by atoms with Crippen molar-refractivity contribution in [3.63, 3.8) is 0 Å². The Kier molecular flexibility index (Phi) is 3.02. The van der Waals surface area contributed by atoms with Gasteiger partial charge < -0.3 is 16.2 Å². The molecule has 0 fully saturated rings. The number of nitrogens with zero attached hydrogens (tertiary/aromatic N) is 3. The van der Waals surface area contributed by atoms with Gasteiger partial charge in [0.15, 0.2) is 5.65 Å². The molecule has 0 saturated carbocycles. The van der Waals surface area contributed by atoms with Gasteiger partial charge in [0.25, 0.3) is 0 Å². The Morgan fingerprint density at radius 1 is 1.56 bits per heavy atom. The van der Waals surface area contributed by atoms with Crippen LogP contribution in [-0.2, 0) is 0 Å². The molecule has 0 aliphatic carbocycles. The smallest absolute Gasteiger partial charge is 0.243 e. The molecular weight excluding hydrogens is 206 g/mol. The van der Waals surface area contributed by atoms with Crippen molar-refractivity contribution in [2.45, 2.75) is 19.1 Å². The molecule has 2 aromatic rings. The Morgan fingerprint density at radius 2 is 2.38 bits per heavy atom. The van der Waals surface area contributed by atoms with E-state index in [1.165, 1.54) is 0 Å². The fourth-order valence-corrected chi connectivity index (χ4v) is 1.29. The van der Waals surface area contributed by atoms with Crippen molar-refractivity contribution < 1.29 is 5.11 Å². The third-order valence-electron chi connectivity index (χ3n) is 2.36. The minimum atomic E-state index is -0.551. The molecular formula is C10H15N5O. The predicted molar refractivity (Wildman–Crippen MR) is 61.1 cm³/mol. The fourth-order valence-electron chi connectivity index (χ4n) is 1.29. The number of anilines is 1. The maximum absolute atomic E-state index is 9.23. The molecule has 6 heteroatoms. The summed E-state index contributed by atoms with van der Waals surface area (Å²) in [6, 6.07) is 5.32. The lowest BCUT2D eigenvalue weighted by molar-refractivity contribution is 0.168. The zero-order valence-corrected chi connectivity index (χ0v) is 9.04. The van der Waals surface area contributed by atoms with Crippen molar-refractivity contribution in [3.05, 3.63) is 24.4 Å². The van der Waals surface area contributed by atoms with Gasteiger partial charge in [0.1, 0.15) is 0 Å². The molecule has 2 unspecified atom stereocenters. The summed E-state index contributed by atoms with van der Waals surface area (Å²) in [6.45, 7) is 2.10. The number of hydrogen-bond acceptors (Lipinski definition) is 5. The molecule has 0 bridgehead atoms. The van der Waals surface area contributed by atoms with E-state index >= 15 is 0 Å². The number of fused-ring (bicyclic) bond motifs is 1. The predicted octanol–water partition coefficient (Wildman–Crippen LogP) is -0.151. The Bertz CT molecular complexity index is 434. The molecule has 16 heavy (non-hydrogen) atoms. The SMILES string of the molecule is CC(O)C(N)CNc1nc2ccccn2n1. The molecule has 0 spiro atoms. The van der Waals surface area contributed by atoms with E-state index in [4.69, 9.17) is 5.73 Å². The number of nitrogens with one attached hydrogen (secondary N) is 1. The van der Waals surface area contributed by atoms with Crippen molar-refractivity contribution >= 4 is 11.6 Å². The van der Waals surface area contributed by atoms with Crippen LogP contribution in [0, 0.1) is 0 Å². The lowest BCUT2D eigenvalue weighted by atomic mass is 10.2. The van der Waals surface area contributed by atoms with Crippen LogP contribution in [0.5, 0.6) is 0 Å². The first-order chi connectivity index (χ1) is 7.66. The molecule has 0 saturated heterocycles. The zero-order valence-electron chi connectivity index (χ0n) is 9.04. The molecule has 6 nitrogen and oxygen atoms in total.